The first-order chi connectivity index (χ1) is 8.47. The van der Waals surface area contributed by atoms with Crippen molar-refractivity contribution in [3.63, 3.8) is 0 Å². The molecule has 18 heavy (non-hydrogen) atoms. The summed E-state index contributed by atoms with van der Waals surface area (Å²) in [5, 5.41) is 8.92. The SMILES string of the molecule is CCCC(CNS(=O)(=O)c1cccnc1)C(=O)O. The molecule has 1 heterocycles. The minimum Gasteiger partial charge on any atom is -0.481 e. The average molecular weight is 272 g/mol. The molecule has 0 aliphatic heterocycles. The first-order valence-electron chi connectivity index (χ1n) is 5.60. The highest BCUT2D eigenvalue weighted by atomic mass is 32.2. The zero-order valence-corrected chi connectivity index (χ0v) is 10.9. The largest absolute Gasteiger partial charge is 0.481 e. The topological polar surface area (TPSA) is 96.4 Å². The summed E-state index contributed by atoms with van der Waals surface area (Å²) in [6.45, 7) is 1.74. The molecule has 0 spiro atoms. The fraction of sp³-hybridized carbons (Fsp3) is 0.455. The molecule has 1 atom stereocenters. The van der Waals surface area contributed by atoms with Gasteiger partial charge in [-0.2, -0.15) is 0 Å². The first-order valence-corrected chi connectivity index (χ1v) is 7.08. The Kier molecular flexibility index (Phi) is 5.24. The lowest BCUT2D eigenvalue weighted by molar-refractivity contribution is -0.141. The van der Waals surface area contributed by atoms with Gasteiger partial charge in [0.1, 0.15) is 4.90 Å². The molecule has 7 heteroatoms. The third-order valence-electron chi connectivity index (χ3n) is 2.45. The molecule has 0 radical (unpaired) electrons. The van der Waals surface area contributed by atoms with Crippen LogP contribution >= 0.6 is 0 Å². The van der Waals surface area contributed by atoms with Crippen LogP contribution in [0.4, 0.5) is 0 Å². The van der Waals surface area contributed by atoms with Gasteiger partial charge >= 0.3 is 5.97 Å². The van der Waals surface area contributed by atoms with E-state index in [-0.39, 0.29) is 11.4 Å². The molecule has 100 valence electrons. The van der Waals surface area contributed by atoms with Gasteiger partial charge in [-0.1, -0.05) is 13.3 Å². The van der Waals surface area contributed by atoms with Crippen molar-refractivity contribution in [2.24, 2.45) is 5.92 Å². The van der Waals surface area contributed by atoms with E-state index in [0.717, 1.165) is 0 Å². The van der Waals surface area contributed by atoms with E-state index in [1.807, 2.05) is 6.92 Å². The number of hydrogen-bond donors (Lipinski definition) is 2. The summed E-state index contributed by atoms with van der Waals surface area (Å²) in [6, 6.07) is 2.92. The standard InChI is InChI=1S/C11H16N2O4S/c1-2-4-9(11(14)15)7-13-18(16,17)10-5-3-6-12-8-10/h3,5-6,8-9,13H,2,4,7H2,1H3,(H,14,15). The molecular formula is C11H16N2O4S. The predicted octanol–water partition coefficient (Wildman–Crippen LogP) is 0.861. The highest BCUT2D eigenvalue weighted by Crippen LogP contribution is 2.09. The molecule has 0 amide bonds. The average Bonchev–Trinajstić information content (AvgIpc) is 2.35. The molecule has 1 aromatic heterocycles. The number of carbonyl (C=O) groups is 1. The quantitative estimate of drug-likeness (QED) is 0.767. The molecule has 0 saturated carbocycles. The zero-order valence-electron chi connectivity index (χ0n) is 10.0. The van der Waals surface area contributed by atoms with Crippen molar-refractivity contribution in [2.75, 3.05) is 6.54 Å². The van der Waals surface area contributed by atoms with E-state index < -0.39 is 21.9 Å². The molecule has 0 fully saturated rings. The van der Waals surface area contributed by atoms with E-state index in [0.29, 0.717) is 12.8 Å². The lowest BCUT2D eigenvalue weighted by Gasteiger charge is -2.12. The number of pyridine rings is 1. The minimum absolute atomic E-state index is 0.0330. The fourth-order valence-electron chi connectivity index (χ4n) is 1.46. The Morgan fingerprint density at radius 1 is 1.56 bits per heavy atom. The second-order valence-electron chi connectivity index (χ2n) is 3.86. The number of aliphatic carboxylic acids is 1. The van der Waals surface area contributed by atoms with E-state index in [9.17, 15) is 13.2 Å². The highest BCUT2D eigenvalue weighted by molar-refractivity contribution is 7.89. The van der Waals surface area contributed by atoms with Crippen LogP contribution in [0.2, 0.25) is 0 Å². The second kappa shape index (κ2) is 6.46. The third kappa shape index (κ3) is 4.08. The molecule has 0 aliphatic rings. The van der Waals surface area contributed by atoms with Crippen LogP contribution in [0.15, 0.2) is 29.4 Å². The maximum Gasteiger partial charge on any atom is 0.307 e. The second-order valence-corrected chi connectivity index (χ2v) is 5.63. The van der Waals surface area contributed by atoms with Crippen molar-refractivity contribution in [1.29, 1.82) is 0 Å². The van der Waals surface area contributed by atoms with E-state index in [1.165, 1.54) is 24.5 Å². The summed E-state index contributed by atoms with van der Waals surface area (Å²) in [4.78, 5) is 14.6. The Balaban J connectivity index is 2.70. The normalized spacial score (nSPS) is 13.2. The Hall–Kier alpha value is -1.47. The number of sulfonamides is 1. The minimum atomic E-state index is -3.68. The van der Waals surface area contributed by atoms with Gasteiger partial charge in [0.25, 0.3) is 0 Å². The van der Waals surface area contributed by atoms with Gasteiger partial charge in [-0.25, -0.2) is 13.1 Å². The van der Waals surface area contributed by atoms with Gasteiger partial charge in [-0.05, 0) is 18.6 Å². The fourth-order valence-corrected chi connectivity index (χ4v) is 2.51. The van der Waals surface area contributed by atoms with Crippen molar-refractivity contribution in [3.8, 4) is 0 Å². The van der Waals surface area contributed by atoms with Gasteiger partial charge in [0, 0.05) is 18.9 Å². The van der Waals surface area contributed by atoms with Crippen molar-refractivity contribution in [3.05, 3.63) is 24.5 Å². The van der Waals surface area contributed by atoms with Gasteiger partial charge in [0.15, 0.2) is 0 Å². The zero-order chi connectivity index (χ0) is 13.6. The highest BCUT2D eigenvalue weighted by Gasteiger charge is 2.20. The van der Waals surface area contributed by atoms with Gasteiger partial charge in [-0.3, -0.25) is 9.78 Å². The van der Waals surface area contributed by atoms with E-state index >= 15 is 0 Å². The third-order valence-corrected chi connectivity index (χ3v) is 3.86. The van der Waals surface area contributed by atoms with Crippen LogP contribution in [0.3, 0.4) is 0 Å². The monoisotopic (exact) mass is 272 g/mol. The van der Waals surface area contributed by atoms with E-state index in [1.54, 1.807) is 0 Å². The molecule has 0 saturated heterocycles. The van der Waals surface area contributed by atoms with Crippen LogP contribution in [0.5, 0.6) is 0 Å². The molecule has 0 aromatic carbocycles. The number of hydrogen-bond acceptors (Lipinski definition) is 4. The van der Waals surface area contributed by atoms with Gasteiger partial charge in [0.05, 0.1) is 5.92 Å². The van der Waals surface area contributed by atoms with Crippen LogP contribution < -0.4 is 4.72 Å². The lowest BCUT2D eigenvalue weighted by atomic mass is 10.1. The van der Waals surface area contributed by atoms with Crippen LogP contribution in [0, 0.1) is 5.92 Å². The van der Waals surface area contributed by atoms with Gasteiger partial charge in [0.2, 0.25) is 10.0 Å². The Labute approximate surface area is 106 Å². The number of rotatable bonds is 7. The molecular weight excluding hydrogens is 256 g/mol. The predicted molar refractivity (Wildman–Crippen MR) is 65.5 cm³/mol. The number of nitrogens with one attached hydrogen (secondary N) is 1. The Morgan fingerprint density at radius 3 is 2.78 bits per heavy atom. The lowest BCUT2D eigenvalue weighted by Crippen LogP contribution is -2.33. The molecule has 1 rings (SSSR count). The summed E-state index contributed by atoms with van der Waals surface area (Å²) < 4.78 is 25.9. The van der Waals surface area contributed by atoms with Crippen molar-refractivity contribution in [2.45, 2.75) is 24.7 Å². The van der Waals surface area contributed by atoms with Gasteiger partial charge < -0.3 is 5.11 Å². The van der Waals surface area contributed by atoms with E-state index in [4.69, 9.17) is 5.11 Å². The molecule has 0 bridgehead atoms. The molecule has 2 N–H and O–H groups in total. The Bertz CT molecular complexity index is 487. The van der Waals surface area contributed by atoms with Crippen LogP contribution in [0.1, 0.15) is 19.8 Å². The maximum absolute atomic E-state index is 11.8. The number of carboxylic acid groups (broad SMARTS) is 1. The van der Waals surface area contributed by atoms with Crippen molar-refractivity contribution >= 4 is 16.0 Å². The smallest absolute Gasteiger partial charge is 0.307 e. The van der Waals surface area contributed by atoms with Crippen LogP contribution in [0.25, 0.3) is 0 Å². The summed E-state index contributed by atoms with van der Waals surface area (Å²) in [5.74, 6) is -1.70. The summed E-state index contributed by atoms with van der Waals surface area (Å²) in [6.07, 6.45) is 3.81. The summed E-state index contributed by atoms with van der Waals surface area (Å²) >= 11 is 0. The first kappa shape index (κ1) is 14.6. The maximum atomic E-state index is 11.8. The van der Waals surface area contributed by atoms with Crippen LogP contribution in [-0.4, -0.2) is 31.0 Å². The van der Waals surface area contributed by atoms with Gasteiger partial charge in [-0.15, -0.1) is 0 Å². The molecule has 1 aromatic rings. The Morgan fingerprint density at radius 2 is 2.28 bits per heavy atom. The summed E-state index contributed by atoms with van der Waals surface area (Å²) in [5.41, 5.74) is 0. The molecule has 1 unspecified atom stereocenters. The van der Waals surface area contributed by atoms with Crippen molar-refractivity contribution < 1.29 is 18.3 Å². The van der Waals surface area contributed by atoms with E-state index in [2.05, 4.69) is 9.71 Å². The van der Waals surface area contributed by atoms with Crippen LogP contribution in [-0.2, 0) is 14.8 Å². The molecule has 0 aliphatic carbocycles. The number of aromatic nitrogens is 1. The van der Waals surface area contributed by atoms with Crippen molar-refractivity contribution in [1.82, 2.24) is 9.71 Å². The summed E-state index contributed by atoms with van der Waals surface area (Å²) in [7, 11) is -3.68. The number of nitrogens with zero attached hydrogens (tertiary/aromatic N) is 1. The number of carboxylic acids is 1. The molecule has 6 nitrogen and oxygen atoms in total.